The molecule has 0 atom stereocenters. The maximum absolute atomic E-state index is 11.9. The van der Waals surface area contributed by atoms with Crippen molar-refractivity contribution in [2.75, 3.05) is 20.4 Å². The molecule has 0 heterocycles. The molecule has 0 saturated carbocycles. The van der Waals surface area contributed by atoms with Crippen molar-refractivity contribution in [1.29, 1.82) is 0 Å². The number of ketones is 1. The number of ether oxygens (including phenoxy) is 2. The van der Waals surface area contributed by atoms with Crippen LogP contribution in [0.3, 0.4) is 0 Å². The van der Waals surface area contributed by atoms with Crippen LogP contribution in [-0.2, 0) is 0 Å². The summed E-state index contributed by atoms with van der Waals surface area (Å²) in [6.45, 7) is 1.28. The van der Waals surface area contributed by atoms with E-state index in [9.17, 15) is 9.18 Å². The largest absolute Gasteiger partial charge is 0.497 e. The predicted octanol–water partition coefficient (Wildman–Crippen LogP) is 2.64. The van der Waals surface area contributed by atoms with E-state index in [1.165, 1.54) is 14.0 Å². The number of Topliss-reactive ketones (excluding diaryl/α,β-unsaturated/α-hetero) is 1. The van der Waals surface area contributed by atoms with E-state index in [-0.39, 0.29) is 12.4 Å². The Hall–Kier alpha value is -1.58. The number of hydrogen-bond acceptors (Lipinski definition) is 3. The number of rotatable bonds is 6. The minimum absolute atomic E-state index is 0.0853. The molecule has 0 amide bonds. The monoisotopic (exact) mass is 226 g/mol. The van der Waals surface area contributed by atoms with E-state index in [4.69, 9.17) is 9.47 Å². The molecule has 0 spiro atoms. The van der Waals surface area contributed by atoms with Crippen molar-refractivity contribution in [2.24, 2.45) is 0 Å². The van der Waals surface area contributed by atoms with Crippen LogP contribution in [0.5, 0.6) is 11.5 Å². The molecule has 0 bridgehead atoms. The minimum atomic E-state index is -0.431. The van der Waals surface area contributed by atoms with Gasteiger partial charge in [-0.1, -0.05) is 0 Å². The molecule has 88 valence electrons. The van der Waals surface area contributed by atoms with Crippen LogP contribution in [0, 0.1) is 0 Å². The Balaban J connectivity index is 2.87. The molecule has 1 rings (SSSR count). The molecule has 0 unspecified atom stereocenters. The van der Waals surface area contributed by atoms with Gasteiger partial charge in [-0.2, -0.15) is 0 Å². The van der Waals surface area contributed by atoms with Gasteiger partial charge in [-0.25, -0.2) is 0 Å². The second-order valence-corrected chi connectivity index (χ2v) is 3.31. The van der Waals surface area contributed by atoms with Crippen LogP contribution in [0.4, 0.5) is 4.39 Å². The maximum Gasteiger partial charge on any atom is 0.163 e. The Labute approximate surface area is 94.2 Å². The second-order valence-electron chi connectivity index (χ2n) is 3.31. The van der Waals surface area contributed by atoms with Crippen molar-refractivity contribution in [3.63, 3.8) is 0 Å². The van der Waals surface area contributed by atoms with E-state index in [1.807, 2.05) is 0 Å². The van der Waals surface area contributed by atoms with Gasteiger partial charge in [-0.15, -0.1) is 0 Å². The highest BCUT2D eigenvalue weighted by atomic mass is 19.1. The summed E-state index contributed by atoms with van der Waals surface area (Å²) in [5.74, 6) is 0.971. The predicted molar refractivity (Wildman–Crippen MR) is 59.1 cm³/mol. The fourth-order valence-corrected chi connectivity index (χ4v) is 1.28. The Morgan fingerprint density at radius 1 is 1.44 bits per heavy atom. The first-order chi connectivity index (χ1) is 7.69. The van der Waals surface area contributed by atoms with Crippen LogP contribution in [-0.4, -0.2) is 26.2 Å². The fraction of sp³-hybridized carbons (Fsp3) is 0.417. The number of carbonyl (C=O) groups is 1. The maximum atomic E-state index is 11.9. The first kappa shape index (κ1) is 12.5. The summed E-state index contributed by atoms with van der Waals surface area (Å²) >= 11 is 0. The van der Waals surface area contributed by atoms with Crippen molar-refractivity contribution >= 4 is 5.78 Å². The summed E-state index contributed by atoms with van der Waals surface area (Å²) in [7, 11) is 1.54. The normalized spacial score (nSPS) is 9.94. The number of halogens is 1. The van der Waals surface area contributed by atoms with Crippen molar-refractivity contribution in [3.05, 3.63) is 23.8 Å². The summed E-state index contributed by atoms with van der Waals surface area (Å²) in [5.41, 5.74) is 0.486. The molecule has 4 heteroatoms. The van der Waals surface area contributed by atoms with Gasteiger partial charge >= 0.3 is 0 Å². The van der Waals surface area contributed by atoms with Crippen LogP contribution in [0.25, 0.3) is 0 Å². The molecule has 0 aromatic heterocycles. The Morgan fingerprint density at radius 2 is 2.19 bits per heavy atom. The van der Waals surface area contributed by atoms with Gasteiger partial charge in [0, 0.05) is 12.5 Å². The van der Waals surface area contributed by atoms with Crippen LogP contribution in [0.2, 0.25) is 0 Å². The molecule has 1 aromatic carbocycles. The third-order valence-corrected chi connectivity index (χ3v) is 2.10. The Morgan fingerprint density at radius 3 is 2.75 bits per heavy atom. The van der Waals surface area contributed by atoms with E-state index in [1.54, 1.807) is 18.2 Å². The van der Waals surface area contributed by atoms with Gasteiger partial charge in [0.05, 0.1) is 26.0 Å². The molecule has 16 heavy (non-hydrogen) atoms. The molecule has 0 aliphatic rings. The lowest BCUT2D eigenvalue weighted by atomic mass is 10.1. The average Bonchev–Trinajstić information content (AvgIpc) is 2.29. The fourth-order valence-electron chi connectivity index (χ4n) is 1.28. The number of carbonyl (C=O) groups excluding carboxylic acids is 1. The van der Waals surface area contributed by atoms with Gasteiger partial charge in [-0.05, 0) is 19.1 Å². The summed E-state index contributed by atoms with van der Waals surface area (Å²) in [6, 6.07) is 4.97. The van der Waals surface area contributed by atoms with Gasteiger partial charge < -0.3 is 9.47 Å². The SMILES string of the molecule is COc1ccc(C(C)=O)c(OCCCF)c1. The lowest BCUT2D eigenvalue weighted by molar-refractivity contribution is 0.101. The zero-order valence-electron chi connectivity index (χ0n) is 9.46. The summed E-state index contributed by atoms with van der Waals surface area (Å²) in [4.78, 5) is 11.3. The van der Waals surface area contributed by atoms with Crippen LogP contribution in [0.1, 0.15) is 23.7 Å². The number of benzene rings is 1. The smallest absolute Gasteiger partial charge is 0.163 e. The second kappa shape index (κ2) is 6.10. The van der Waals surface area contributed by atoms with E-state index in [2.05, 4.69) is 0 Å². The minimum Gasteiger partial charge on any atom is -0.497 e. The molecule has 0 fully saturated rings. The molecule has 0 radical (unpaired) electrons. The van der Waals surface area contributed by atoms with Crippen molar-refractivity contribution in [2.45, 2.75) is 13.3 Å². The van der Waals surface area contributed by atoms with Crippen LogP contribution < -0.4 is 9.47 Å². The quantitative estimate of drug-likeness (QED) is 0.552. The molecule has 0 saturated heterocycles. The van der Waals surface area contributed by atoms with Crippen LogP contribution in [0.15, 0.2) is 18.2 Å². The van der Waals surface area contributed by atoms with E-state index in [0.717, 1.165) is 0 Å². The van der Waals surface area contributed by atoms with E-state index < -0.39 is 6.67 Å². The van der Waals surface area contributed by atoms with Crippen molar-refractivity contribution in [1.82, 2.24) is 0 Å². The molecule has 0 aliphatic heterocycles. The molecule has 0 N–H and O–H groups in total. The van der Waals surface area contributed by atoms with Gasteiger partial charge in [0.1, 0.15) is 11.5 Å². The summed E-state index contributed by atoms with van der Waals surface area (Å²) in [5, 5.41) is 0. The lowest BCUT2D eigenvalue weighted by Gasteiger charge is -2.10. The first-order valence-corrected chi connectivity index (χ1v) is 5.06. The summed E-state index contributed by atoms with van der Waals surface area (Å²) in [6.07, 6.45) is 0.314. The number of alkyl halides is 1. The van der Waals surface area contributed by atoms with Crippen molar-refractivity contribution < 1.29 is 18.7 Å². The van der Waals surface area contributed by atoms with Gasteiger partial charge in [0.25, 0.3) is 0 Å². The number of methoxy groups -OCH3 is 1. The highest BCUT2D eigenvalue weighted by Crippen LogP contribution is 2.25. The summed E-state index contributed by atoms with van der Waals surface area (Å²) < 4.78 is 22.3. The standard InChI is InChI=1S/C12H15FO3/c1-9(14)11-5-4-10(15-2)8-12(11)16-7-3-6-13/h4-5,8H,3,6-7H2,1-2H3. The highest BCUT2D eigenvalue weighted by Gasteiger charge is 2.09. The van der Waals surface area contributed by atoms with Gasteiger partial charge in [0.15, 0.2) is 5.78 Å². The zero-order chi connectivity index (χ0) is 12.0. The molecule has 3 nitrogen and oxygen atoms in total. The third-order valence-electron chi connectivity index (χ3n) is 2.10. The van der Waals surface area contributed by atoms with Crippen LogP contribution >= 0.6 is 0 Å². The van der Waals surface area contributed by atoms with Crippen molar-refractivity contribution in [3.8, 4) is 11.5 Å². The molecule has 0 aliphatic carbocycles. The molecular formula is C12H15FO3. The molecule has 1 aromatic rings. The van der Waals surface area contributed by atoms with Gasteiger partial charge in [0.2, 0.25) is 0 Å². The Kier molecular flexibility index (Phi) is 4.76. The first-order valence-electron chi connectivity index (χ1n) is 5.06. The zero-order valence-corrected chi connectivity index (χ0v) is 9.46. The Bertz CT molecular complexity index is 363. The van der Waals surface area contributed by atoms with E-state index in [0.29, 0.717) is 23.5 Å². The highest BCUT2D eigenvalue weighted by molar-refractivity contribution is 5.97. The topological polar surface area (TPSA) is 35.5 Å². The lowest BCUT2D eigenvalue weighted by Crippen LogP contribution is -2.03. The molecular weight excluding hydrogens is 211 g/mol. The van der Waals surface area contributed by atoms with E-state index >= 15 is 0 Å². The average molecular weight is 226 g/mol. The number of hydrogen-bond donors (Lipinski definition) is 0. The third kappa shape index (κ3) is 3.22. The van der Waals surface area contributed by atoms with Gasteiger partial charge in [-0.3, -0.25) is 9.18 Å².